The number of aromatic nitrogens is 2. The molecule has 2 N–H and O–H groups in total. The van der Waals surface area contributed by atoms with Gasteiger partial charge in [-0.3, -0.25) is 4.79 Å². The van der Waals surface area contributed by atoms with Crippen molar-refractivity contribution in [3.8, 4) is 5.75 Å². The van der Waals surface area contributed by atoms with Crippen LogP contribution >= 0.6 is 0 Å². The van der Waals surface area contributed by atoms with E-state index in [4.69, 9.17) is 4.74 Å². The highest BCUT2D eigenvalue weighted by atomic mass is 16.5. The molecule has 0 radical (unpaired) electrons. The van der Waals surface area contributed by atoms with Crippen molar-refractivity contribution in [3.05, 3.63) is 42.0 Å². The SMILES string of the molecule is CCC(=O)Nc1ccc2c(c1)C(Cc1c[nH]cn1)CCO2. The first kappa shape index (κ1) is 13.7. The third kappa shape index (κ3) is 3.07. The van der Waals surface area contributed by atoms with Gasteiger partial charge in [0.25, 0.3) is 0 Å². The van der Waals surface area contributed by atoms with Gasteiger partial charge in [0.1, 0.15) is 5.75 Å². The second kappa shape index (κ2) is 5.99. The van der Waals surface area contributed by atoms with E-state index >= 15 is 0 Å². The summed E-state index contributed by atoms with van der Waals surface area (Å²) in [5.74, 6) is 1.31. The number of benzene rings is 1. The number of fused-ring (bicyclic) bond motifs is 1. The number of hydrogen-bond donors (Lipinski definition) is 2. The second-order valence-electron chi connectivity index (χ2n) is 5.25. The molecule has 21 heavy (non-hydrogen) atoms. The van der Waals surface area contributed by atoms with E-state index in [0.29, 0.717) is 12.3 Å². The number of nitrogens with one attached hydrogen (secondary N) is 2. The van der Waals surface area contributed by atoms with Gasteiger partial charge in [0.2, 0.25) is 5.91 Å². The summed E-state index contributed by atoms with van der Waals surface area (Å²) in [5, 5.41) is 2.90. The number of carbonyl (C=O) groups excluding carboxylic acids is 1. The summed E-state index contributed by atoms with van der Waals surface area (Å²) < 4.78 is 5.72. The van der Waals surface area contributed by atoms with Gasteiger partial charge in [-0.2, -0.15) is 0 Å². The van der Waals surface area contributed by atoms with Crippen LogP contribution < -0.4 is 10.1 Å². The maximum atomic E-state index is 11.5. The predicted molar refractivity (Wildman–Crippen MR) is 80.5 cm³/mol. The van der Waals surface area contributed by atoms with Gasteiger partial charge in [-0.25, -0.2) is 4.98 Å². The van der Waals surface area contributed by atoms with Crippen LogP contribution in [0.5, 0.6) is 5.75 Å². The molecule has 110 valence electrons. The molecule has 1 aromatic heterocycles. The average Bonchev–Trinajstić information content (AvgIpc) is 3.01. The number of aromatic amines is 1. The number of ether oxygens (including phenoxy) is 1. The Balaban J connectivity index is 1.84. The molecular formula is C16H19N3O2. The quantitative estimate of drug-likeness (QED) is 0.907. The van der Waals surface area contributed by atoms with Crippen molar-refractivity contribution in [3.63, 3.8) is 0 Å². The molecule has 5 nitrogen and oxygen atoms in total. The van der Waals surface area contributed by atoms with Crippen molar-refractivity contribution < 1.29 is 9.53 Å². The number of hydrogen-bond acceptors (Lipinski definition) is 3. The van der Waals surface area contributed by atoms with E-state index in [9.17, 15) is 4.79 Å². The highest BCUT2D eigenvalue weighted by molar-refractivity contribution is 5.90. The highest BCUT2D eigenvalue weighted by Crippen LogP contribution is 2.37. The monoisotopic (exact) mass is 285 g/mol. The number of imidazole rings is 1. The van der Waals surface area contributed by atoms with E-state index in [-0.39, 0.29) is 5.91 Å². The van der Waals surface area contributed by atoms with Crippen molar-refractivity contribution in [2.75, 3.05) is 11.9 Å². The first-order valence-corrected chi connectivity index (χ1v) is 7.30. The van der Waals surface area contributed by atoms with Crippen LogP contribution in [0.25, 0.3) is 0 Å². The average molecular weight is 285 g/mol. The lowest BCUT2D eigenvalue weighted by atomic mass is 9.89. The zero-order chi connectivity index (χ0) is 14.7. The minimum Gasteiger partial charge on any atom is -0.493 e. The van der Waals surface area contributed by atoms with Crippen molar-refractivity contribution in [2.45, 2.75) is 32.1 Å². The molecule has 1 aliphatic heterocycles. The van der Waals surface area contributed by atoms with E-state index in [2.05, 4.69) is 15.3 Å². The molecule has 0 saturated heterocycles. The molecule has 1 aliphatic rings. The Morgan fingerprint density at radius 3 is 3.19 bits per heavy atom. The molecular weight excluding hydrogens is 266 g/mol. The van der Waals surface area contributed by atoms with Crippen LogP contribution in [0, 0.1) is 0 Å². The summed E-state index contributed by atoms with van der Waals surface area (Å²) in [6.45, 7) is 2.57. The third-order valence-electron chi connectivity index (χ3n) is 3.79. The third-order valence-corrected chi connectivity index (χ3v) is 3.79. The van der Waals surface area contributed by atoms with Gasteiger partial charge in [-0.15, -0.1) is 0 Å². The number of amides is 1. The van der Waals surface area contributed by atoms with Crippen molar-refractivity contribution >= 4 is 11.6 Å². The number of H-pyrrole nitrogens is 1. The van der Waals surface area contributed by atoms with Crippen molar-refractivity contribution in [1.29, 1.82) is 0 Å². The molecule has 0 aliphatic carbocycles. The van der Waals surface area contributed by atoms with Crippen molar-refractivity contribution in [2.24, 2.45) is 0 Å². The fourth-order valence-corrected chi connectivity index (χ4v) is 2.66. The molecule has 1 unspecified atom stereocenters. The predicted octanol–water partition coefficient (Wildman–Crippen LogP) is 2.87. The largest absolute Gasteiger partial charge is 0.493 e. The highest BCUT2D eigenvalue weighted by Gasteiger charge is 2.23. The zero-order valence-corrected chi connectivity index (χ0v) is 12.1. The Morgan fingerprint density at radius 2 is 2.43 bits per heavy atom. The lowest BCUT2D eigenvalue weighted by Crippen LogP contribution is -2.17. The van der Waals surface area contributed by atoms with E-state index < -0.39 is 0 Å². The zero-order valence-electron chi connectivity index (χ0n) is 12.1. The second-order valence-corrected chi connectivity index (χ2v) is 5.25. The molecule has 1 aromatic carbocycles. The summed E-state index contributed by atoms with van der Waals surface area (Å²) in [6, 6.07) is 5.86. The van der Waals surface area contributed by atoms with Gasteiger partial charge in [0.15, 0.2) is 0 Å². The molecule has 5 heteroatoms. The summed E-state index contributed by atoms with van der Waals surface area (Å²) in [4.78, 5) is 18.8. The number of nitrogens with zero attached hydrogens (tertiary/aromatic N) is 1. The van der Waals surface area contributed by atoms with Crippen LogP contribution in [0.3, 0.4) is 0 Å². The van der Waals surface area contributed by atoms with Gasteiger partial charge in [-0.1, -0.05) is 6.92 Å². The van der Waals surface area contributed by atoms with Crippen LogP contribution in [0.2, 0.25) is 0 Å². The van der Waals surface area contributed by atoms with Crippen LogP contribution in [-0.2, 0) is 11.2 Å². The molecule has 0 bridgehead atoms. The summed E-state index contributed by atoms with van der Waals surface area (Å²) >= 11 is 0. The smallest absolute Gasteiger partial charge is 0.224 e. The molecule has 1 amide bonds. The molecule has 0 fully saturated rings. The van der Waals surface area contributed by atoms with E-state index in [1.807, 2.05) is 31.3 Å². The van der Waals surface area contributed by atoms with Gasteiger partial charge in [0, 0.05) is 18.3 Å². The molecule has 0 saturated carbocycles. The Bertz CT molecular complexity index is 622. The number of carbonyl (C=O) groups is 1. The fourth-order valence-electron chi connectivity index (χ4n) is 2.66. The Labute approximate surface area is 123 Å². The lowest BCUT2D eigenvalue weighted by Gasteiger charge is -2.26. The maximum Gasteiger partial charge on any atom is 0.224 e. The summed E-state index contributed by atoms with van der Waals surface area (Å²) in [5.41, 5.74) is 3.03. The Morgan fingerprint density at radius 1 is 1.52 bits per heavy atom. The van der Waals surface area contributed by atoms with Crippen LogP contribution in [0.4, 0.5) is 5.69 Å². The summed E-state index contributed by atoms with van der Waals surface area (Å²) in [7, 11) is 0. The Kier molecular flexibility index (Phi) is 3.90. The van der Waals surface area contributed by atoms with E-state index in [1.165, 1.54) is 0 Å². The van der Waals surface area contributed by atoms with E-state index in [0.717, 1.165) is 42.1 Å². The molecule has 1 atom stereocenters. The number of anilines is 1. The van der Waals surface area contributed by atoms with E-state index in [1.54, 1.807) is 6.33 Å². The van der Waals surface area contributed by atoms with Crippen molar-refractivity contribution in [1.82, 2.24) is 9.97 Å². The van der Waals surface area contributed by atoms with Crippen LogP contribution in [0.15, 0.2) is 30.7 Å². The van der Waals surface area contributed by atoms with Crippen LogP contribution in [-0.4, -0.2) is 22.5 Å². The van der Waals surface area contributed by atoms with Gasteiger partial charge in [0.05, 0.1) is 18.6 Å². The fraction of sp³-hybridized carbons (Fsp3) is 0.375. The minimum absolute atomic E-state index is 0.0236. The molecule has 0 spiro atoms. The first-order valence-electron chi connectivity index (χ1n) is 7.30. The minimum atomic E-state index is 0.0236. The molecule has 2 aromatic rings. The van der Waals surface area contributed by atoms with Crippen LogP contribution in [0.1, 0.15) is 36.9 Å². The normalized spacial score (nSPS) is 16.9. The standard InChI is InChI=1S/C16H19N3O2/c1-2-16(20)19-12-3-4-15-14(8-12)11(5-6-21-15)7-13-9-17-10-18-13/h3-4,8-11H,2,5-7H2,1H3,(H,17,18)(H,19,20). The molecule has 2 heterocycles. The maximum absolute atomic E-state index is 11.5. The molecule has 3 rings (SSSR count). The van der Waals surface area contributed by atoms with Gasteiger partial charge >= 0.3 is 0 Å². The Hall–Kier alpha value is -2.30. The topological polar surface area (TPSA) is 67.0 Å². The van der Waals surface area contributed by atoms with Gasteiger partial charge < -0.3 is 15.0 Å². The van der Waals surface area contributed by atoms with Gasteiger partial charge in [-0.05, 0) is 42.5 Å². The number of rotatable bonds is 4. The summed E-state index contributed by atoms with van der Waals surface area (Å²) in [6.07, 6.45) is 5.95. The lowest BCUT2D eigenvalue weighted by molar-refractivity contribution is -0.115. The first-order chi connectivity index (χ1) is 10.3.